The molecule has 3 rings (SSSR count). The van der Waals surface area contributed by atoms with Crippen LogP contribution in [-0.2, 0) is 4.74 Å². The van der Waals surface area contributed by atoms with Gasteiger partial charge in [-0.25, -0.2) is 9.97 Å². The van der Waals surface area contributed by atoms with Crippen LogP contribution in [0.3, 0.4) is 0 Å². The summed E-state index contributed by atoms with van der Waals surface area (Å²) in [5, 5.41) is 8.78. The Kier molecular flexibility index (Phi) is 6.40. The predicted molar refractivity (Wildman–Crippen MR) is 94.5 cm³/mol. The van der Waals surface area contributed by atoms with E-state index in [4.69, 9.17) is 14.8 Å². The minimum absolute atomic E-state index is 0.0993. The van der Waals surface area contributed by atoms with Gasteiger partial charge in [-0.1, -0.05) is 0 Å². The first-order valence-electron chi connectivity index (χ1n) is 9.28. The molecular weight excluding hydrogens is 304 g/mol. The number of aliphatic hydroxyl groups excluding tert-OH is 1. The van der Waals surface area contributed by atoms with E-state index in [2.05, 4.69) is 20.9 Å². The highest BCUT2D eigenvalue weighted by Gasteiger charge is 2.24. The zero-order valence-corrected chi connectivity index (χ0v) is 14.8. The maximum absolute atomic E-state index is 8.78. The van der Waals surface area contributed by atoms with E-state index in [0.29, 0.717) is 19.1 Å². The van der Waals surface area contributed by atoms with Gasteiger partial charge in [0.2, 0.25) is 0 Å². The highest BCUT2D eigenvalue weighted by atomic mass is 16.5. The SMILES string of the molecule is Cc1nc([C@@H]2CCCN(CCOCCO)C2)cc(N2CCCC2)n1. The van der Waals surface area contributed by atoms with Crippen LogP contribution in [0.15, 0.2) is 6.07 Å². The molecule has 24 heavy (non-hydrogen) atoms. The zero-order chi connectivity index (χ0) is 16.8. The van der Waals surface area contributed by atoms with Gasteiger partial charge < -0.3 is 19.6 Å². The van der Waals surface area contributed by atoms with Crippen molar-refractivity contribution in [2.45, 2.75) is 38.5 Å². The van der Waals surface area contributed by atoms with Crippen LogP contribution >= 0.6 is 0 Å². The van der Waals surface area contributed by atoms with Gasteiger partial charge in [0.05, 0.1) is 25.5 Å². The van der Waals surface area contributed by atoms with Crippen LogP contribution < -0.4 is 4.90 Å². The molecule has 0 amide bonds. The van der Waals surface area contributed by atoms with E-state index in [1.54, 1.807) is 0 Å². The second-order valence-corrected chi connectivity index (χ2v) is 6.87. The summed E-state index contributed by atoms with van der Waals surface area (Å²) in [5.41, 5.74) is 1.20. The highest BCUT2D eigenvalue weighted by molar-refractivity contribution is 5.41. The molecular formula is C18H30N4O2. The molecule has 2 saturated heterocycles. The Hall–Kier alpha value is -1.24. The molecule has 1 aromatic heterocycles. The third-order valence-electron chi connectivity index (χ3n) is 4.99. The first kappa shape index (κ1) is 17.6. The summed E-state index contributed by atoms with van der Waals surface area (Å²) in [6.07, 6.45) is 4.93. The van der Waals surface area contributed by atoms with Gasteiger partial charge in [-0.15, -0.1) is 0 Å². The van der Waals surface area contributed by atoms with Gasteiger partial charge in [-0.05, 0) is 39.2 Å². The van der Waals surface area contributed by atoms with Gasteiger partial charge in [0.15, 0.2) is 0 Å². The summed E-state index contributed by atoms with van der Waals surface area (Å²) in [5.74, 6) is 2.48. The fraction of sp³-hybridized carbons (Fsp3) is 0.778. The average molecular weight is 334 g/mol. The van der Waals surface area contributed by atoms with Crippen molar-refractivity contribution in [2.24, 2.45) is 0 Å². The van der Waals surface area contributed by atoms with Crippen molar-refractivity contribution in [3.05, 3.63) is 17.6 Å². The predicted octanol–water partition coefficient (Wildman–Crippen LogP) is 1.57. The average Bonchev–Trinajstić information content (AvgIpc) is 3.13. The van der Waals surface area contributed by atoms with Gasteiger partial charge in [-0.2, -0.15) is 0 Å². The summed E-state index contributed by atoms with van der Waals surface area (Å²) in [4.78, 5) is 14.2. The van der Waals surface area contributed by atoms with Crippen LogP contribution in [0.5, 0.6) is 0 Å². The molecule has 1 atom stereocenters. The molecule has 3 heterocycles. The number of aromatic nitrogens is 2. The van der Waals surface area contributed by atoms with Crippen LogP contribution in [-0.4, -0.2) is 72.5 Å². The topological polar surface area (TPSA) is 61.7 Å². The second-order valence-electron chi connectivity index (χ2n) is 6.87. The lowest BCUT2D eigenvalue weighted by Crippen LogP contribution is -2.37. The molecule has 0 spiro atoms. The molecule has 0 unspecified atom stereocenters. The van der Waals surface area contributed by atoms with E-state index >= 15 is 0 Å². The molecule has 0 bridgehead atoms. The number of anilines is 1. The number of ether oxygens (including phenoxy) is 1. The molecule has 6 nitrogen and oxygen atoms in total. The first-order chi connectivity index (χ1) is 11.8. The summed E-state index contributed by atoms with van der Waals surface area (Å²) in [7, 11) is 0. The van der Waals surface area contributed by atoms with E-state index < -0.39 is 0 Å². The van der Waals surface area contributed by atoms with Gasteiger partial charge >= 0.3 is 0 Å². The number of rotatable bonds is 7. The smallest absolute Gasteiger partial charge is 0.132 e. The van der Waals surface area contributed by atoms with Crippen molar-refractivity contribution < 1.29 is 9.84 Å². The number of aryl methyl sites for hydroxylation is 1. The third kappa shape index (κ3) is 4.65. The lowest BCUT2D eigenvalue weighted by Gasteiger charge is -2.32. The standard InChI is InChI=1S/C18H30N4O2/c1-15-19-17(13-18(20-15)22-7-2-3-8-22)16-5-4-6-21(14-16)9-11-24-12-10-23/h13,16,23H,2-12,14H2,1H3/t16-/m1/s1. The van der Waals surface area contributed by atoms with Crippen molar-refractivity contribution in [2.75, 3.05) is 57.4 Å². The Morgan fingerprint density at radius 1 is 1.17 bits per heavy atom. The molecule has 1 N–H and O–H groups in total. The Balaban J connectivity index is 1.62. The second kappa shape index (κ2) is 8.74. The summed E-state index contributed by atoms with van der Waals surface area (Å²) in [6.45, 7) is 8.56. The molecule has 0 aliphatic carbocycles. The summed E-state index contributed by atoms with van der Waals surface area (Å²) < 4.78 is 5.41. The normalized spacial score (nSPS) is 22.2. The Bertz CT molecular complexity index is 520. The number of nitrogens with zero attached hydrogens (tertiary/aromatic N) is 4. The van der Waals surface area contributed by atoms with Gasteiger partial charge in [0, 0.05) is 38.2 Å². The monoisotopic (exact) mass is 334 g/mol. The number of aliphatic hydroxyl groups is 1. The zero-order valence-electron chi connectivity index (χ0n) is 14.8. The van der Waals surface area contributed by atoms with Crippen LogP contribution in [0.1, 0.15) is 43.1 Å². The summed E-state index contributed by atoms with van der Waals surface area (Å²) in [6, 6.07) is 2.22. The van der Waals surface area contributed by atoms with E-state index in [9.17, 15) is 0 Å². The molecule has 2 fully saturated rings. The number of hydrogen-bond donors (Lipinski definition) is 1. The van der Waals surface area contributed by atoms with E-state index in [1.807, 2.05) is 6.92 Å². The minimum Gasteiger partial charge on any atom is -0.394 e. The lowest BCUT2D eigenvalue weighted by atomic mass is 9.94. The van der Waals surface area contributed by atoms with Crippen molar-refractivity contribution in [1.82, 2.24) is 14.9 Å². The lowest BCUT2D eigenvalue weighted by molar-refractivity contribution is 0.0670. The molecule has 1 aromatic rings. The van der Waals surface area contributed by atoms with Crippen molar-refractivity contribution in [1.29, 1.82) is 0 Å². The Labute approximate surface area is 144 Å². The van der Waals surface area contributed by atoms with E-state index in [1.165, 1.54) is 31.4 Å². The number of likely N-dealkylation sites (tertiary alicyclic amines) is 1. The molecule has 134 valence electrons. The Morgan fingerprint density at radius 3 is 2.79 bits per heavy atom. The summed E-state index contributed by atoms with van der Waals surface area (Å²) >= 11 is 0. The van der Waals surface area contributed by atoms with Crippen molar-refractivity contribution in [3.63, 3.8) is 0 Å². The molecule has 2 aliphatic rings. The minimum atomic E-state index is 0.0993. The Morgan fingerprint density at radius 2 is 2.00 bits per heavy atom. The highest BCUT2D eigenvalue weighted by Crippen LogP contribution is 2.28. The van der Waals surface area contributed by atoms with Gasteiger partial charge in [0.1, 0.15) is 11.6 Å². The molecule has 0 radical (unpaired) electrons. The third-order valence-corrected chi connectivity index (χ3v) is 4.99. The van der Waals surface area contributed by atoms with Gasteiger partial charge in [0.25, 0.3) is 0 Å². The van der Waals surface area contributed by atoms with Crippen LogP contribution in [0.25, 0.3) is 0 Å². The van der Waals surface area contributed by atoms with Crippen molar-refractivity contribution >= 4 is 5.82 Å². The first-order valence-corrected chi connectivity index (χ1v) is 9.28. The van der Waals surface area contributed by atoms with Gasteiger partial charge in [-0.3, -0.25) is 0 Å². The number of piperidine rings is 1. The van der Waals surface area contributed by atoms with Crippen LogP contribution in [0.4, 0.5) is 5.82 Å². The molecule has 6 heteroatoms. The largest absolute Gasteiger partial charge is 0.394 e. The fourth-order valence-electron chi connectivity index (χ4n) is 3.75. The maximum atomic E-state index is 8.78. The van der Waals surface area contributed by atoms with Crippen LogP contribution in [0, 0.1) is 6.92 Å². The fourth-order valence-corrected chi connectivity index (χ4v) is 3.75. The van der Waals surface area contributed by atoms with E-state index in [-0.39, 0.29) is 6.61 Å². The maximum Gasteiger partial charge on any atom is 0.132 e. The van der Waals surface area contributed by atoms with Crippen molar-refractivity contribution in [3.8, 4) is 0 Å². The molecule has 0 saturated carbocycles. The number of hydrogen-bond acceptors (Lipinski definition) is 6. The van der Waals surface area contributed by atoms with E-state index in [0.717, 1.165) is 44.4 Å². The molecule has 0 aromatic carbocycles. The quantitative estimate of drug-likeness (QED) is 0.764. The van der Waals surface area contributed by atoms with Crippen LogP contribution in [0.2, 0.25) is 0 Å². The molecule has 2 aliphatic heterocycles.